The van der Waals surface area contributed by atoms with Gasteiger partial charge in [-0.25, -0.2) is 0 Å². The molecule has 0 aromatic carbocycles. The van der Waals surface area contributed by atoms with Crippen LogP contribution in [0.1, 0.15) is 0 Å². The van der Waals surface area contributed by atoms with Crippen LogP contribution in [-0.4, -0.2) is 27.9 Å². The van der Waals surface area contributed by atoms with Crippen LogP contribution in [-0.2, 0) is 16.6 Å². The van der Waals surface area contributed by atoms with Crippen molar-refractivity contribution in [2.75, 3.05) is 0 Å². The van der Waals surface area contributed by atoms with Gasteiger partial charge in [-0.05, 0) is 0 Å². The fourth-order valence-electron chi connectivity index (χ4n) is 0.289. The Kier molecular flexibility index (Phi) is 1.50. The summed E-state index contributed by atoms with van der Waals surface area (Å²) in [5.41, 5.74) is 0. The van der Waals surface area contributed by atoms with Gasteiger partial charge in [0.25, 0.3) is 0 Å². The first kappa shape index (κ1) is 5.99. The number of hydrogen-bond acceptors (Lipinski definition) is 4. The van der Waals surface area contributed by atoms with Crippen LogP contribution in [0.5, 0.6) is 0 Å². The maximum atomic E-state index is 10.1. The van der Waals surface area contributed by atoms with Crippen LogP contribution < -0.4 is 0 Å². The van der Waals surface area contributed by atoms with Gasteiger partial charge in [0.1, 0.15) is 0 Å². The molecule has 0 spiro atoms. The molecule has 0 unspecified atom stereocenters. The zero-order valence-electron chi connectivity index (χ0n) is 3.59. The molecule has 42 valence electrons. The van der Waals surface area contributed by atoms with Crippen molar-refractivity contribution in [1.29, 1.82) is 0 Å². The number of hydrogen-bond donors (Lipinski definition) is 0. The van der Waals surface area contributed by atoms with Gasteiger partial charge < -0.3 is 0 Å². The third-order valence-corrected chi connectivity index (χ3v) is 3.17. The molecule has 1 saturated heterocycles. The molecule has 1 aliphatic heterocycles. The van der Waals surface area contributed by atoms with Crippen molar-refractivity contribution in [1.82, 2.24) is 0 Å². The summed E-state index contributed by atoms with van der Waals surface area (Å²) in [4.78, 5) is 20.1. The van der Waals surface area contributed by atoms with Crippen LogP contribution in [0.15, 0.2) is 0 Å². The fraction of sp³-hybridized carbons (Fsp3) is 0. The number of rotatable bonds is 0. The first-order chi connectivity index (χ1) is 3.70. The van der Waals surface area contributed by atoms with Gasteiger partial charge in [-0.3, -0.25) is 0 Å². The summed E-state index contributed by atoms with van der Waals surface area (Å²) in [5.74, 6) is -1.91. The summed E-state index contributed by atoms with van der Waals surface area (Å²) in [6.07, 6.45) is 0. The van der Waals surface area contributed by atoms with Gasteiger partial charge in [0.2, 0.25) is 0 Å². The van der Waals surface area contributed by atoms with E-state index in [2.05, 4.69) is 7.06 Å². The molecule has 8 heavy (non-hydrogen) atoms. The standard InChI is InChI=1S/C2H2O4.ClH.Ga/c3-1(4)2(5)6;;/h(H,3,4)(H,5,6);1H;/q;;+3/p-3. The van der Waals surface area contributed by atoms with Crippen molar-refractivity contribution in [2.24, 2.45) is 0 Å². The predicted octanol–water partition coefficient (Wildman–Crippen LogP) is -0.690. The first-order valence-corrected chi connectivity index (χ1v) is 6.92. The summed E-state index contributed by atoms with van der Waals surface area (Å²) in [7, 11) is 5.20. The Hall–Kier alpha value is -0.134. The van der Waals surface area contributed by atoms with Crippen LogP contribution in [0, 0.1) is 0 Å². The maximum absolute atomic E-state index is 10.1. The molecule has 0 radical (unpaired) electrons. The second-order valence-electron chi connectivity index (χ2n) is 1.09. The van der Waals surface area contributed by atoms with Crippen molar-refractivity contribution in [3.8, 4) is 0 Å². The molecule has 1 aliphatic rings. The van der Waals surface area contributed by atoms with Gasteiger partial charge >= 0.3 is 54.2 Å². The normalized spacial score (nSPS) is 18.4. The molecule has 0 amide bonds. The molecule has 0 saturated carbocycles. The Labute approximate surface area is 54.6 Å². The summed E-state index contributed by atoms with van der Waals surface area (Å²) in [5, 5.41) is 0. The van der Waals surface area contributed by atoms with E-state index in [1.54, 1.807) is 0 Å². The Balaban J connectivity index is 2.64. The monoisotopic (exact) mass is 192 g/mol. The SMILES string of the molecule is O=C1[O][Ga]([Cl])[O]C1=O. The Morgan fingerprint density at radius 1 is 1.25 bits per heavy atom. The van der Waals surface area contributed by atoms with Crippen LogP contribution >= 0.6 is 9.64 Å². The third-order valence-electron chi connectivity index (χ3n) is 0.566. The molecule has 0 N–H and O–H groups in total. The molecule has 1 heterocycles. The molecule has 0 aromatic heterocycles. The van der Waals surface area contributed by atoms with E-state index < -0.39 is 27.9 Å². The molecule has 0 bridgehead atoms. The quantitative estimate of drug-likeness (QED) is 0.377. The van der Waals surface area contributed by atoms with E-state index >= 15 is 0 Å². The van der Waals surface area contributed by atoms with Crippen molar-refractivity contribution in [3.63, 3.8) is 0 Å². The van der Waals surface area contributed by atoms with Crippen LogP contribution in [0.4, 0.5) is 0 Å². The summed E-state index contributed by atoms with van der Waals surface area (Å²) in [6.45, 7) is 0. The summed E-state index contributed by atoms with van der Waals surface area (Å²) >= 11 is -2.80. The fourth-order valence-corrected chi connectivity index (χ4v) is 2.34. The summed E-state index contributed by atoms with van der Waals surface area (Å²) in [6, 6.07) is 0. The number of halogens is 1. The van der Waals surface area contributed by atoms with E-state index in [9.17, 15) is 9.59 Å². The Morgan fingerprint density at radius 2 is 1.62 bits per heavy atom. The zero-order chi connectivity index (χ0) is 6.15. The van der Waals surface area contributed by atoms with Crippen molar-refractivity contribution in [2.45, 2.75) is 0 Å². The molecular weight excluding hydrogens is 193 g/mol. The molecule has 0 aromatic rings. The van der Waals surface area contributed by atoms with E-state index in [4.69, 9.17) is 9.64 Å². The molecular formula is C2ClGaO4. The van der Waals surface area contributed by atoms with E-state index in [0.717, 1.165) is 0 Å². The van der Waals surface area contributed by atoms with Gasteiger partial charge in [-0.1, -0.05) is 0 Å². The molecule has 0 atom stereocenters. The van der Waals surface area contributed by atoms with Gasteiger partial charge in [0.05, 0.1) is 0 Å². The van der Waals surface area contributed by atoms with Gasteiger partial charge in [-0.2, -0.15) is 0 Å². The van der Waals surface area contributed by atoms with Crippen molar-refractivity contribution in [3.05, 3.63) is 0 Å². The molecule has 6 heteroatoms. The Bertz CT molecular complexity index is 129. The van der Waals surface area contributed by atoms with E-state index in [1.807, 2.05) is 0 Å². The van der Waals surface area contributed by atoms with Crippen LogP contribution in [0.25, 0.3) is 0 Å². The minimum absolute atomic E-state index is 0.954. The molecule has 1 rings (SSSR count). The molecule has 4 nitrogen and oxygen atoms in total. The van der Waals surface area contributed by atoms with E-state index in [1.165, 1.54) is 0 Å². The average Bonchev–Trinajstić information content (AvgIpc) is 1.85. The van der Waals surface area contributed by atoms with Gasteiger partial charge in [0, 0.05) is 0 Å². The first-order valence-electron chi connectivity index (χ1n) is 1.76. The zero-order valence-corrected chi connectivity index (χ0v) is 6.77. The number of carbonyl (C=O) groups is 2. The third kappa shape index (κ3) is 0.987. The molecule has 0 aliphatic carbocycles. The molecule has 1 fully saturated rings. The van der Waals surface area contributed by atoms with Gasteiger partial charge in [-0.15, -0.1) is 0 Å². The van der Waals surface area contributed by atoms with Crippen molar-refractivity contribution < 1.29 is 16.6 Å². The van der Waals surface area contributed by atoms with Crippen molar-refractivity contribution >= 4 is 37.5 Å². The van der Waals surface area contributed by atoms with Crippen LogP contribution in [0.3, 0.4) is 0 Å². The number of carbonyl (C=O) groups excluding carboxylic acids is 2. The van der Waals surface area contributed by atoms with Gasteiger partial charge in [0.15, 0.2) is 0 Å². The van der Waals surface area contributed by atoms with Crippen LogP contribution in [0.2, 0.25) is 0 Å². The predicted molar refractivity (Wildman–Crippen MR) is 23.8 cm³/mol. The summed E-state index contributed by atoms with van der Waals surface area (Å²) < 4.78 is 8.43. The second kappa shape index (κ2) is 2.00. The van der Waals surface area contributed by atoms with E-state index in [0.29, 0.717) is 0 Å². The minimum atomic E-state index is -2.80. The average molecular weight is 193 g/mol. The Morgan fingerprint density at radius 3 is 1.75 bits per heavy atom. The topological polar surface area (TPSA) is 52.6 Å². The van der Waals surface area contributed by atoms with E-state index in [-0.39, 0.29) is 0 Å². The second-order valence-corrected chi connectivity index (χ2v) is 5.08.